The summed E-state index contributed by atoms with van der Waals surface area (Å²) in [6, 6.07) is 19.4. The van der Waals surface area contributed by atoms with E-state index in [1.165, 1.54) is 0 Å². The van der Waals surface area contributed by atoms with Gasteiger partial charge in [0, 0.05) is 6.20 Å². The van der Waals surface area contributed by atoms with Crippen LogP contribution in [0.15, 0.2) is 67.1 Å². The Morgan fingerprint density at radius 2 is 1.96 bits per heavy atom. The van der Waals surface area contributed by atoms with Crippen molar-refractivity contribution in [2.45, 2.75) is 13.0 Å². The van der Waals surface area contributed by atoms with Gasteiger partial charge in [-0.25, -0.2) is 9.97 Å². The van der Waals surface area contributed by atoms with Crippen LogP contribution in [0, 0.1) is 11.3 Å². The standard InChI is InChI=1S/C20H16N6/c1-14(16-6-4-5-15(11-16)12-21)24-20-22-10-9-19(25-20)26-13-23-17-7-2-3-8-18(17)26/h2-11,13-14H,1H3,(H,22,24,25)/t14-/m0/s1. The molecule has 0 saturated carbocycles. The zero-order valence-corrected chi connectivity index (χ0v) is 14.2. The van der Waals surface area contributed by atoms with Crippen LogP contribution in [-0.4, -0.2) is 19.5 Å². The first-order valence-electron chi connectivity index (χ1n) is 8.27. The number of imidazole rings is 1. The van der Waals surface area contributed by atoms with Crippen LogP contribution in [0.2, 0.25) is 0 Å². The van der Waals surface area contributed by atoms with Crippen molar-refractivity contribution in [1.29, 1.82) is 5.26 Å². The van der Waals surface area contributed by atoms with Crippen LogP contribution in [0.1, 0.15) is 24.1 Å². The van der Waals surface area contributed by atoms with Crippen molar-refractivity contribution in [3.05, 3.63) is 78.2 Å². The molecule has 2 heterocycles. The highest BCUT2D eigenvalue weighted by Gasteiger charge is 2.10. The van der Waals surface area contributed by atoms with Crippen molar-refractivity contribution in [2.24, 2.45) is 0 Å². The molecule has 4 aromatic rings. The third kappa shape index (κ3) is 2.98. The van der Waals surface area contributed by atoms with Gasteiger partial charge in [0.2, 0.25) is 5.95 Å². The van der Waals surface area contributed by atoms with Gasteiger partial charge < -0.3 is 5.32 Å². The molecule has 0 aliphatic heterocycles. The Bertz CT molecular complexity index is 1110. The Kier molecular flexibility index (Phi) is 4.04. The number of nitrogens with one attached hydrogen (secondary N) is 1. The quantitative estimate of drug-likeness (QED) is 0.610. The zero-order valence-electron chi connectivity index (χ0n) is 14.2. The van der Waals surface area contributed by atoms with E-state index in [4.69, 9.17) is 5.26 Å². The highest BCUT2D eigenvalue weighted by atomic mass is 15.2. The average Bonchev–Trinajstić information content (AvgIpc) is 3.12. The van der Waals surface area contributed by atoms with Crippen LogP contribution in [-0.2, 0) is 0 Å². The fraction of sp³-hybridized carbons (Fsp3) is 0.100. The van der Waals surface area contributed by atoms with Gasteiger partial charge in [0.25, 0.3) is 0 Å². The molecule has 1 N–H and O–H groups in total. The maximum absolute atomic E-state index is 9.06. The SMILES string of the molecule is C[C@H](Nc1nccc(-n2cnc3ccccc32)n1)c1cccc(C#N)c1. The number of hydrogen-bond donors (Lipinski definition) is 1. The molecule has 0 aliphatic carbocycles. The molecule has 1 atom stereocenters. The lowest BCUT2D eigenvalue weighted by Crippen LogP contribution is -2.10. The molecule has 26 heavy (non-hydrogen) atoms. The van der Waals surface area contributed by atoms with Crippen molar-refractivity contribution in [2.75, 3.05) is 5.32 Å². The fourth-order valence-electron chi connectivity index (χ4n) is 2.85. The lowest BCUT2D eigenvalue weighted by Gasteiger charge is -2.15. The number of nitriles is 1. The minimum absolute atomic E-state index is 0.0296. The molecule has 126 valence electrons. The van der Waals surface area contributed by atoms with Crippen molar-refractivity contribution < 1.29 is 0 Å². The maximum Gasteiger partial charge on any atom is 0.225 e. The van der Waals surface area contributed by atoms with E-state index in [1.807, 2.05) is 60.0 Å². The molecule has 2 aromatic heterocycles. The van der Waals surface area contributed by atoms with E-state index in [-0.39, 0.29) is 6.04 Å². The van der Waals surface area contributed by atoms with Crippen molar-refractivity contribution in [3.63, 3.8) is 0 Å². The number of hydrogen-bond acceptors (Lipinski definition) is 5. The van der Waals surface area contributed by atoms with Gasteiger partial charge in [-0.05, 0) is 42.8 Å². The van der Waals surface area contributed by atoms with E-state index in [2.05, 4.69) is 26.3 Å². The molecule has 4 rings (SSSR count). The lowest BCUT2D eigenvalue weighted by molar-refractivity contribution is 0.853. The number of nitrogens with zero attached hydrogens (tertiary/aromatic N) is 5. The number of benzene rings is 2. The Morgan fingerprint density at radius 3 is 2.85 bits per heavy atom. The number of aromatic nitrogens is 4. The van der Waals surface area contributed by atoms with E-state index in [0.717, 1.165) is 22.4 Å². The topological polar surface area (TPSA) is 79.4 Å². The summed E-state index contributed by atoms with van der Waals surface area (Å²) in [5, 5.41) is 12.4. The normalized spacial score (nSPS) is 11.8. The molecule has 0 spiro atoms. The smallest absolute Gasteiger partial charge is 0.225 e. The summed E-state index contributed by atoms with van der Waals surface area (Å²) in [6.45, 7) is 2.01. The molecule has 0 fully saturated rings. The van der Waals surface area contributed by atoms with E-state index >= 15 is 0 Å². The molecular formula is C20H16N6. The van der Waals surface area contributed by atoms with E-state index in [1.54, 1.807) is 18.6 Å². The van der Waals surface area contributed by atoms with Crippen LogP contribution in [0.5, 0.6) is 0 Å². The van der Waals surface area contributed by atoms with Gasteiger partial charge >= 0.3 is 0 Å². The Balaban J connectivity index is 1.63. The first kappa shape index (κ1) is 15.8. The second-order valence-corrected chi connectivity index (χ2v) is 5.95. The van der Waals surface area contributed by atoms with Crippen molar-refractivity contribution in [3.8, 4) is 11.9 Å². The predicted octanol–water partition coefficient (Wildman–Crippen LogP) is 3.86. The fourth-order valence-corrected chi connectivity index (χ4v) is 2.85. The number of anilines is 1. The van der Waals surface area contributed by atoms with Gasteiger partial charge in [-0.2, -0.15) is 10.2 Å². The van der Waals surface area contributed by atoms with E-state index in [0.29, 0.717) is 11.5 Å². The van der Waals surface area contributed by atoms with Crippen molar-refractivity contribution in [1.82, 2.24) is 19.5 Å². The first-order valence-corrected chi connectivity index (χ1v) is 8.27. The Labute approximate surface area is 150 Å². The monoisotopic (exact) mass is 340 g/mol. The van der Waals surface area contributed by atoms with E-state index in [9.17, 15) is 0 Å². The van der Waals surface area contributed by atoms with Gasteiger partial charge in [-0.1, -0.05) is 24.3 Å². The average molecular weight is 340 g/mol. The van der Waals surface area contributed by atoms with Crippen molar-refractivity contribution >= 4 is 17.0 Å². The van der Waals surface area contributed by atoms with Gasteiger partial charge in [0.1, 0.15) is 12.1 Å². The Morgan fingerprint density at radius 1 is 1.08 bits per heavy atom. The minimum Gasteiger partial charge on any atom is -0.348 e. The van der Waals surface area contributed by atoms with Gasteiger partial charge in [-0.3, -0.25) is 4.57 Å². The van der Waals surface area contributed by atoms with Crippen LogP contribution in [0.4, 0.5) is 5.95 Å². The predicted molar refractivity (Wildman–Crippen MR) is 99.9 cm³/mol. The largest absolute Gasteiger partial charge is 0.348 e. The summed E-state index contributed by atoms with van der Waals surface area (Å²) in [5.74, 6) is 1.27. The first-order chi connectivity index (χ1) is 12.7. The summed E-state index contributed by atoms with van der Waals surface area (Å²) in [4.78, 5) is 13.3. The molecular weight excluding hydrogens is 324 g/mol. The zero-order chi connectivity index (χ0) is 17.9. The molecule has 6 nitrogen and oxygen atoms in total. The summed E-state index contributed by atoms with van der Waals surface area (Å²) in [7, 11) is 0. The summed E-state index contributed by atoms with van der Waals surface area (Å²) >= 11 is 0. The third-order valence-electron chi connectivity index (χ3n) is 4.20. The Hall–Kier alpha value is -3.72. The summed E-state index contributed by atoms with van der Waals surface area (Å²) in [5.41, 5.74) is 3.55. The highest BCUT2D eigenvalue weighted by Crippen LogP contribution is 2.20. The summed E-state index contributed by atoms with van der Waals surface area (Å²) < 4.78 is 1.93. The minimum atomic E-state index is -0.0296. The molecule has 0 radical (unpaired) electrons. The van der Waals surface area contributed by atoms with Gasteiger partial charge in [0.15, 0.2) is 0 Å². The van der Waals surface area contributed by atoms with Crippen LogP contribution in [0.25, 0.3) is 16.9 Å². The lowest BCUT2D eigenvalue weighted by atomic mass is 10.1. The van der Waals surface area contributed by atoms with Crippen LogP contribution < -0.4 is 5.32 Å². The van der Waals surface area contributed by atoms with Gasteiger partial charge in [-0.15, -0.1) is 0 Å². The number of rotatable bonds is 4. The second kappa shape index (κ2) is 6.65. The second-order valence-electron chi connectivity index (χ2n) is 5.95. The molecule has 0 aliphatic rings. The highest BCUT2D eigenvalue weighted by molar-refractivity contribution is 5.76. The van der Waals surface area contributed by atoms with Crippen LogP contribution >= 0.6 is 0 Å². The molecule has 6 heteroatoms. The van der Waals surface area contributed by atoms with Crippen LogP contribution in [0.3, 0.4) is 0 Å². The number of fused-ring (bicyclic) bond motifs is 1. The van der Waals surface area contributed by atoms with Gasteiger partial charge in [0.05, 0.1) is 28.7 Å². The third-order valence-corrected chi connectivity index (χ3v) is 4.20. The molecule has 0 amide bonds. The molecule has 0 saturated heterocycles. The van der Waals surface area contributed by atoms with E-state index < -0.39 is 0 Å². The molecule has 0 unspecified atom stereocenters. The molecule has 2 aromatic carbocycles. The maximum atomic E-state index is 9.06. The molecule has 0 bridgehead atoms. The summed E-state index contributed by atoms with van der Waals surface area (Å²) in [6.07, 6.45) is 3.48. The number of para-hydroxylation sites is 2.